The molecule has 0 spiro atoms. The van der Waals surface area contributed by atoms with Crippen molar-refractivity contribution < 1.29 is 14.5 Å². The maximum atomic E-state index is 13.1. The Kier molecular flexibility index (Phi) is 6.07. The zero-order chi connectivity index (χ0) is 23.5. The molecule has 1 saturated heterocycles. The number of nitro benzene ring substituents is 1. The van der Waals surface area contributed by atoms with Crippen LogP contribution in [0.1, 0.15) is 16.2 Å². The fourth-order valence-corrected chi connectivity index (χ4v) is 3.85. The first-order valence-corrected chi connectivity index (χ1v) is 10.4. The number of ether oxygens (including phenoxy) is 1. The molecule has 170 valence electrons. The van der Waals surface area contributed by atoms with Crippen LogP contribution in [0.4, 0.5) is 11.4 Å². The van der Waals surface area contributed by atoms with Gasteiger partial charge in [0.2, 0.25) is 5.43 Å². The number of methoxy groups -OCH3 is 1. The van der Waals surface area contributed by atoms with E-state index in [0.29, 0.717) is 31.9 Å². The van der Waals surface area contributed by atoms with Crippen LogP contribution in [0.2, 0.25) is 0 Å². The van der Waals surface area contributed by atoms with Crippen molar-refractivity contribution >= 4 is 17.3 Å². The van der Waals surface area contributed by atoms with Crippen molar-refractivity contribution in [1.29, 1.82) is 0 Å². The molecule has 1 amide bonds. The number of benzene rings is 2. The molecule has 0 aliphatic carbocycles. The summed E-state index contributed by atoms with van der Waals surface area (Å²) in [5.74, 6) is 0.287. The van der Waals surface area contributed by atoms with Crippen molar-refractivity contribution in [2.24, 2.45) is 0 Å². The molecule has 0 saturated carbocycles. The van der Waals surface area contributed by atoms with Crippen LogP contribution in [0, 0.1) is 17.0 Å². The fraction of sp³-hybridized carbons (Fsp3) is 0.261. The predicted molar refractivity (Wildman–Crippen MR) is 122 cm³/mol. The number of hydrogen-bond donors (Lipinski definition) is 0. The van der Waals surface area contributed by atoms with Gasteiger partial charge in [-0.2, -0.15) is 5.10 Å². The minimum Gasteiger partial charge on any atom is -0.497 e. The molecular formula is C23H23N5O5. The zero-order valence-corrected chi connectivity index (χ0v) is 18.3. The Balaban J connectivity index is 1.56. The van der Waals surface area contributed by atoms with Crippen molar-refractivity contribution in [3.8, 4) is 11.4 Å². The van der Waals surface area contributed by atoms with Gasteiger partial charge in [-0.3, -0.25) is 19.7 Å². The van der Waals surface area contributed by atoms with Crippen LogP contribution >= 0.6 is 0 Å². The summed E-state index contributed by atoms with van der Waals surface area (Å²) in [6.45, 7) is 3.66. The van der Waals surface area contributed by atoms with Crippen molar-refractivity contribution in [3.05, 3.63) is 86.3 Å². The average molecular weight is 449 g/mol. The van der Waals surface area contributed by atoms with Crippen molar-refractivity contribution in [2.45, 2.75) is 6.92 Å². The highest BCUT2D eigenvalue weighted by Gasteiger charge is 2.27. The Morgan fingerprint density at radius 1 is 1.06 bits per heavy atom. The number of hydrogen-bond acceptors (Lipinski definition) is 7. The standard InChI is InChI=1S/C23H23N5O5/c1-16-15-21(29)22(24-27(16)19-5-3-4-6-20(19)28(31)32)23(30)26-13-11-25(12-14-26)17-7-9-18(33-2)10-8-17/h3-10,15H,11-14H2,1-2H3. The smallest absolute Gasteiger partial charge is 0.294 e. The van der Waals surface area contributed by atoms with Crippen LogP contribution in [-0.4, -0.2) is 58.8 Å². The van der Waals surface area contributed by atoms with E-state index in [1.807, 2.05) is 24.3 Å². The molecule has 1 aliphatic rings. The molecule has 0 unspecified atom stereocenters. The number of para-hydroxylation sites is 2. The van der Waals surface area contributed by atoms with Gasteiger partial charge in [0.15, 0.2) is 5.69 Å². The number of anilines is 1. The quantitative estimate of drug-likeness (QED) is 0.434. The highest BCUT2D eigenvalue weighted by molar-refractivity contribution is 5.92. The number of carbonyl (C=O) groups excluding carboxylic acids is 1. The Morgan fingerprint density at radius 2 is 1.73 bits per heavy atom. The lowest BCUT2D eigenvalue weighted by Gasteiger charge is -2.36. The second-order valence-electron chi connectivity index (χ2n) is 7.63. The summed E-state index contributed by atoms with van der Waals surface area (Å²) in [6.07, 6.45) is 0. The second kappa shape index (κ2) is 9.11. The van der Waals surface area contributed by atoms with Gasteiger partial charge < -0.3 is 14.5 Å². The summed E-state index contributed by atoms with van der Waals surface area (Å²) < 4.78 is 6.47. The normalized spacial score (nSPS) is 13.6. The summed E-state index contributed by atoms with van der Waals surface area (Å²) in [7, 11) is 1.61. The third-order valence-corrected chi connectivity index (χ3v) is 5.62. The van der Waals surface area contributed by atoms with Gasteiger partial charge in [0, 0.05) is 49.7 Å². The lowest BCUT2D eigenvalue weighted by atomic mass is 10.2. The van der Waals surface area contributed by atoms with E-state index in [4.69, 9.17) is 4.74 Å². The number of piperazine rings is 1. The van der Waals surface area contributed by atoms with Crippen LogP contribution in [-0.2, 0) is 0 Å². The number of amides is 1. The largest absolute Gasteiger partial charge is 0.497 e. The van der Waals surface area contributed by atoms with E-state index in [-0.39, 0.29) is 17.1 Å². The van der Waals surface area contributed by atoms with Crippen molar-refractivity contribution in [2.75, 3.05) is 38.2 Å². The van der Waals surface area contributed by atoms with E-state index in [0.717, 1.165) is 11.4 Å². The third-order valence-electron chi connectivity index (χ3n) is 5.62. The topological polar surface area (TPSA) is 111 Å². The maximum Gasteiger partial charge on any atom is 0.294 e. The van der Waals surface area contributed by atoms with E-state index >= 15 is 0 Å². The van der Waals surface area contributed by atoms with E-state index in [9.17, 15) is 19.7 Å². The zero-order valence-electron chi connectivity index (χ0n) is 18.3. The fourth-order valence-electron chi connectivity index (χ4n) is 3.85. The molecule has 3 aromatic rings. The highest BCUT2D eigenvalue weighted by atomic mass is 16.6. The van der Waals surface area contributed by atoms with E-state index in [1.54, 1.807) is 31.1 Å². The van der Waals surface area contributed by atoms with Crippen LogP contribution in [0.3, 0.4) is 0 Å². The van der Waals surface area contributed by atoms with Gasteiger partial charge in [0.1, 0.15) is 11.4 Å². The Hall–Kier alpha value is -4.21. The first kappa shape index (κ1) is 22.0. The minimum atomic E-state index is -0.519. The molecule has 0 bridgehead atoms. The lowest BCUT2D eigenvalue weighted by Crippen LogP contribution is -2.50. The molecule has 4 rings (SSSR count). The monoisotopic (exact) mass is 449 g/mol. The lowest BCUT2D eigenvalue weighted by molar-refractivity contribution is -0.384. The summed E-state index contributed by atoms with van der Waals surface area (Å²) in [5.41, 5.74) is 0.688. The number of nitro groups is 1. The molecule has 0 atom stereocenters. The van der Waals surface area contributed by atoms with Gasteiger partial charge in [-0.25, -0.2) is 4.68 Å². The van der Waals surface area contributed by atoms with E-state index in [1.165, 1.54) is 22.9 Å². The van der Waals surface area contributed by atoms with Gasteiger partial charge in [0.05, 0.1) is 12.0 Å². The van der Waals surface area contributed by atoms with Crippen LogP contribution in [0.25, 0.3) is 5.69 Å². The summed E-state index contributed by atoms with van der Waals surface area (Å²) >= 11 is 0. The Labute approximate surface area is 189 Å². The Bertz CT molecular complexity index is 1250. The molecule has 1 aromatic heterocycles. The SMILES string of the molecule is COc1ccc(N2CCN(C(=O)c3nn(-c4ccccc4[N+](=O)[O-])c(C)cc3=O)CC2)cc1. The molecule has 2 aromatic carbocycles. The van der Waals surface area contributed by atoms with Gasteiger partial charge in [0.25, 0.3) is 11.6 Å². The molecule has 2 heterocycles. The first-order chi connectivity index (χ1) is 15.9. The second-order valence-corrected chi connectivity index (χ2v) is 7.63. The molecule has 10 heteroatoms. The molecule has 1 aliphatic heterocycles. The van der Waals surface area contributed by atoms with Crippen molar-refractivity contribution in [1.82, 2.24) is 14.7 Å². The number of carbonyl (C=O) groups is 1. The molecular weight excluding hydrogens is 426 g/mol. The van der Waals surface area contributed by atoms with E-state index < -0.39 is 16.3 Å². The number of nitrogens with zero attached hydrogens (tertiary/aromatic N) is 5. The average Bonchev–Trinajstić information content (AvgIpc) is 2.84. The van der Waals surface area contributed by atoms with Gasteiger partial charge in [-0.05, 0) is 37.3 Å². The summed E-state index contributed by atoms with van der Waals surface area (Å²) in [4.78, 5) is 40.4. The van der Waals surface area contributed by atoms with Crippen molar-refractivity contribution in [3.63, 3.8) is 0 Å². The summed E-state index contributed by atoms with van der Waals surface area (Å²) in [5, 5.41) is 15.7. The number of rotatable bonds is 5. The van der Waals surface area contributed by atoms with Gasteiger partial charge in [-0.1, -0.05) is 12.1 Å². The van der Waals surface area contributed by atoms with Gasteiger partial charge in [-0.15, -0.1) is 0 Å². The molecule has 10 nitrogen and oxygen atoms in total. The molecule has 0 N–H and O–H groups in total. The van der Waals surface area contributed by atoms with E-state index in [2.05, 4.69) is 10.00 Å². The van der Waals surface area contributed by atoms with Gasteiger partial charge >= 0.3 is 0 Å². The molecule has 33 heavy (non-hydrogen) atoms. The number of aromatic nitrogens is 2. The van der Waals surface area contributed by atoms with Crippen LogP contribution in [0.5, 0.6) is 5.75 Å². The number of aryl methyl sites for hydroxylation is 1. The first-order valence-electron chi connectivity index (χ1n) is 10.4. The third kappa shape index (κ3) is 4.40. The predicted octanol–water partition coefficient (Wildman–Crippen LogP) is 2.42. The molecule has 0 radical (unpaired) electrons. The van der Waals surface area contributed by atoms with Crippen LogP contribution < -0.4 is 15.1 Å². The highest BCUT2D eigenvalue weighted by Crippen LogP contribution is 2.23. The summed E-state index contributed by atoms with van der Waals surface area (Å²) in [6, 6.07) is 15.0. The molecule has 1 fully saturated rings. The van der Waals surface area contributed by atoms with Crippen LogP contribution in [0.15, 0.2) is 59.4 Å². The minimum absolute atomic E-state index is 0.164. The maximum absolute atomic E-state index is 13.1. The Morgan fingerprint density at radius 3 is 2.36 bits per heavy atom.